The third-order valence-electron chi connectivity index (χ3n) is 12.5. The van der Waals surface area contributed by atoms with Crippen molar-refractivity contribution in [2.75, 3.05) is 0 Å². The molecule has 284 valence electrons. The van der Waals surface area contributed by atoms with Crippen LogP contribution in [-0.2, 0) is 0 Å². The minimum Gasteiger partial charge on any atom is -0.309 e. The highest BCUT2D eigenvalue weighted by atomic mass is 15.0. The van der Waals surface area contributed by atoms with Gasteiger partial charge in [0.15, 0.2) is 0 Å². The molecule has 2 aliphatic rings. The smallest absolute Gasteiger partial charge is 0.0547 e. The Bertz CT molecular complexity index is 3390. The second kappa shape index (κ2) is 14.4. The van der Waals surface area contributed by atoms with Gasteiger partial charge in [-0.25, -0.2) is 0 Å². The normalized spacial score (nSPS) is 13.4. The van der Waals surface area contributed by atoms with Crippen molar-refractivity contribution < 1.29 is 0 Å². The highest BCUT2D eigenvalue weighted by molar-refractivity contribution is 6.41. The van der Waals surface area contributed by atoms with Gasteiger partial charge in [0.2, 0.25) is 0 Å². The predicted molar refractivity (Wildman–Crippen MR) is 257 cm³/mol. The molecule has 0 fully saturated rings. The van der Waals surface area contributed by atoms with Crippen molar-refractivity contribution in [1.29, 1.82) is 0 Å². The van der Waals surface area contributed by atoms with Crippen LogP contribution in [0.3, 0.4) is 0 Å². The molecule has 0 radical (unpaired) electrons. The molecule has 0 saturated carbocycles. The maximum Gasteiger partial charge on any atom is 0.0547 e. The van der Waals surface area contributed by atoms with Crippen molar-refractivity contribution in [3.63, 3.8) is 0 Å². The molecule has 1 heterocycles. The summed E-state index contributed by atoms with van der Waals surface area (Å²) in [7, 11) is 0. The highest BCUT2D eigenvalue weighted by Crippen LogP contribution is 2.63. The lowest BCUT2D eigenvalue weighted by Crippen LogP contribution is -1.97. The lowest BCUT2D eigenvalue weighted by molar-refractivity contribution is 1.18. The summed E-state index contributed by atoms with van der Waals surface area (Å²) in [5, 5.41) is 2.49. The van der Waals surface area contributed by atoms with E-state index >= 15 is 0 Å². The number of hydrogen-bond donors (Lipinski definition) is 0. The van der Waals surface area contributed by atoms with Crippen LogP contribution in [-0.4, -0.2) is 4.57 Å². The van der Waals surface area contributed by atoms with Crippen molar-refractivity contribution in [1.82, 2.24) is 4.57 Å². The number of allylic oxidation sites excluding steroid dienone is 5. The van der Waals surface area contributed by atoms with Crippen LogP contribution in [0.1, 0.15) is 33.4 Å². The van der Waals surface area contributed by atoms with E-state index in [1.54, 1.807) is 0 Å². The topological polar surface area (TPSA) is 4.93 Å². The summed E-state index contributed by atoms with van der Waals surface area (Å²) in [6, 6.07) is 86.7. The van der Waals surface area contributed by atoms with Gasteiger partial charge >= 0.3 is 0 Å². The van der Waals surface area contributed by atoms with E-state index < -0.39 is 0 Å². The lowest BCUT2D eigenvalue weighted by Gasteiger charge is -2.19. The summed E-state index contributed by atoms with van der Waals surface area (Å²) < 4.78 is 2.44. The van der Waals surface area contributed by atoms with E-state index in [4.69, 9.17) is 0 Å². The number of benzene rings is 9. The van der Waals surface area contributed by atoms with Crippen molar-refractivity contribution in [2.45, 2.75) is 0 Å². The van der Waals surface area contributed by atoms with E-state index in [1.165, 1.54) is 111 Å². The van der Waals surface area contributed by atoms with E-state index in [0.29, 0.717) is 0 Å². The summed E-state index contributed by atoms with van der Waals surface area (Å²) in [4.78, 5) is 0. The number of rotatable bonds is 7. The fourth-order valence-corrected chi connectivity index (χ4v) is 10.0. The quantitative estimate of drug-likeness (QED) is 0.152. The van der Waals surface area contributed by atoms with Gasteiger partial charge in [0.25, 0.3) is 0 Å². The monoisotopic (exact) mass is 773 g/mol. The molecule has 10 aromatic rings. The third-order valence-corrected chi connectivity index (χ3v) is 12.5. The molecule has 0 N–H and O–H groups in total. The molecule has 1 heteroatoms. The molecule has 2 aliphatic carbocycles. The van der Waals surface area contributed by atoms with Crippen LogP contribution in [0, 0.1) is 0 Å². The van der Waals surface area contributed by atoms with Gasteiger partial charge in [0.1, 0.15) is 0 Å². The number of fused-ring (bicyclic) bond motifs is 6. The first-order chi connectivity index (χ1) is 30.3. The molecular weight excluding hydrogens is 735 g/mol. The molecule has 61 heavy (non-hydrogen) atoms. The molecule has 1 aromatic heterocycles. The maximum atomic E-state index is 2.50. The van der Waals surface area contributed by atoms with Crippen molar-refractivity contribution in [3.05, 3.63) is 276 Å². The van der Waals surface area contributed by atoms with Gasteiger partial charge in [-0.1, -0.05) is 200 Å². The Hall–Kier alpha value is -8.00. The molecule has 0 bridgehead atoms. The average molecular weight is 774 g/mol. The van der Waals surface area contributed by atoms with Gasteiger partial charge in [-0.05, 0) is 125 Å². The van der Waals surface area contributed by atoms with Crippen molar-refractivity contribution in [3.8, 4) is 27.9 Å². The fraction of sp³-hybridized carbons (Fsp3) is 0. The minimum atomic E-state index is 1.15. The number of aromatic nitrogens is 1. The average Bonchev–Trinajstić information content (AvgIpc) is 3.98. The predicted octanol–water partition coefficient (Wildman–Crippen LogP) is 15.5. The lowest BCUT2D eigenvalue weighted by atomic mass is 9.84. The molecule has 12 rings (SSSR count). The molecule has 0 unspecified atom stereocenters. The van der Waals surface area contributed by atoms with Gasteiger partial charge in [-0.15, -0.1) is 0 Å². The molecule has 1 nitrogen and oxygen atoms in total. The summed E-state index contributed by atoms with van der Waals surface area (Å²) in [5.74, 6) is 0. The standard InChI is InChI=1S/C60H39N/c1-7-22-40(23-8-1)48-38-50-51(39-49(48)41-24-9-2-10-25-41)59-58(47-35-21-37-53-57(47)46-34-19-20-36-52(46)61(53)45-32-17-6-18-33-45)55(43-28-13-4-14-29-43)56(44-30-15-5-16-31-44)60(59)54(50)42-26-11-3-12-27-42/h1-39H. The zero-order valence-electron chi connectivity index (χ0n) is 33.5. The summed E-state index contributed by atoms with van der Waals surface area (Å²) >= 11 is 0. The molecule has 0 atom stereocenters. The number of hydrogen-bond acceptors (Lipinski definition) is 0. The van der Waals surface area contributed by atoms with Crippen LogP contribution < -0.4 is 0 Å². The molecule has 0 saturated heterocycles. The highest BCUT2D eigenvalue weighted by Gasteiger charge is 2.41. The Morgan fingerprint density at radius 1 is 0.230 bits per heavy atom. The van der Waals surface area contributed by atoms with Gasteiger partial charge in [-0.2, -0.15) is 0 Å². The van der Waals surface area contributed by atoms with Gasteiger partial charge in [-0.3, -0.25) is 0 Å². The van der Waals surface area contributed by atoms with E-state index in [9.17, 15) is 0 Å². The molecule has 9 aromatic carbocycles. The zero-order valence-corrected chi connectivity index (χ0v) is 33.5. The SMILES string of the molecule is c1ccc(C2=C(c3ccccc3)C(c3cccc4c3c3ccccc3n4-c3ccccc3)=C3C2=C(c2ccccc2)c2cc(-c4ccccc4)c(-c4ccccc4)cc23)cc1. The zero-order chi connectivity index (χ0) is 40.3. The Labute approximate surface area is 356 Å². The largest absolute Gasteiger partial charge is 0.309 e. The number of nitrogens with zero attached hydrogens (tertiary/aromatic N) is 1. The minimum absolute atomic E-state index is 1.15. The van der Waals surface area contributed by atoms with Crippen LogP contribution in [0.5, 0.6) is 0 Å². The second-order valence-electron chi connectivity index (χ2n) is 15.9. The molecule has 0 amide bonds. The van der Waals surface area contributed by atoms with E-state index in [-0.39, 0.29) is 0 Å². The van der Waals surface area contributed by atoms with Gasteiger partial charge in [0.05, 0.1) is 11.0 Å². The first-order valence-corrected chi connectivity index (χ1v) is 21.1. The van der Waals surface area contributed by atoms with Crippen LogP contribution in [0.15, 0.2) is 242 Å². The van der Waals surface area contributed by atoms with Gasteiger partial charge < -0.3 is 4.57 Å². The fourth-order valence-electron chi connectivity index (χ4n) is 10.0. The Morgan fingerprint density at radius 3 is 1.16 bits per heavy atom. The van der Waals surface area contributed by atoms with Crippen LogP contribution in [0.25, 0.3) is 77.6 Å². The first-order valence-electron chi connectivity index (χ1n) is 21.1. The summed E-state index contributed by atoms with van der Waals surface area (Å²) in [6.07, 6.45) is 0. The van der Waals surface area contributed by atoms with Crippen molar-refractivity contribution >= 4 is 49.7 Å². The van der Waals surface area contributed by atoms with E-state index in [0.717, 1.165) is 5.69 Å². The second-order valence-corrected chi connectivity index (χ2v) is 15.9. The molecular formula is C60H39N. The Kier molecular flexibility index (Phi) is 8.25. The number of para-hydroxylation sites is 2. The molecule has 0 aliphatic heterocycles. The Morgan fingerprint density at radius 2 is 0.623 bits per heavy atom. The van der Waals surface area contributed by atoms with Crippen molar-refractivity contribution in [2.24, 2.45) is 0 Å². The van der Waals surface area contributed by atoms with Crippen LogP contribution >= 0.6 is 0 Å². The first kappa shape index (κ1) is 35.0. The van der Waals surface area contributed by atoms with E-state index in [2.05, 4.69) is 241 Å². The summed E-state index contributed by atoms with van der Waals surface area (Å²) in [6.45, 7) is 0. The van der Waals surface area contributed by atoms with E-state index in [1.807, 2.05) is 0 Å². The third kappa shape index (κ3) is 5.55. The summed E-state index contributed by atoms with van der Waals surface area (Å²) in [5.41, 5.74) is 23.4. The van der Waals surface area contributed by atoms with Crippen LogP contribution in [0.2, 0.25) is 0 Å². The van der Waals surface area contributed by atoms with Gasteiger partial charge in [0, 0.05) is 16.5 Å². The Balaban J connectivity index is 1.30. The maximum absolute atomic E-state index is 2.50. The van der Waals surface area contributed by atoms with Crippen LogP contribution in [0.4, 0.5) is 0 Å². The molecule has 0 spiro atoms.